The molecule has 0 fully saturated rings. The number of ether oxygens (including phenoxy) is 1. The Morgan fingerprint density at radius 2 is 1.68 bits per heavy atom. The van der Waals surface area contributed by atoms with E-state index in [1.54, 1.807) is 12.1 Å². The number of halogens is 3. The first-order valence-corrected chi connectivity index (χ1v) is 8.26. The van der Waals surface area contributed by atoms with Crippen LogP contribution in [-0.4, -0.2) is 17.6 Å². The lowest BCUT2D eigenvalue weighted by Crippen LogP contribution is -2.02. The maximum Gasteiger partial charge on any atom is 0.156 e. The van der Waals surface area contributed by atoms with Gasteiger partial charge in [0.25, 0.3) is 0 Å². The molecule has 0 aliphatic heterocycles. The maximum atomic E-state index is 9.34. The summed E-state index contributed by atoms with van der Waals surface area (Å²) in [7, 11) is 0. The molecule has 2 aromatic carbocycles. The van der Waals surface area contributed by atoms with E-state index in [4.69, 9.17) is 39.5 Å². The van der Waals surface area contributed by atoms with Gasteiger partial charge in [-0.25, -0.2) is 0 Å². The second kappa shape index (κ2) is 7.96. The zero-order chi connectivity index (χ0) is 16.1. The normalized spacial score (nSPS) is 12.2. The third kappa shape index (κ3) is 4.45. The van der Waals surface area contributed by atoms with E-state index in [0.29, 0.717) is 28.3 Å². The number of hydrogen-bond donors (Lipinski definition) is 1. The van der Waals surface area contributed by atoms with E-state index >= 15 is 0 Å². The minimum atomic E-state index is 0.267. The van der Waals surface area contributed by atoms with Crippen molar-refractivity contribution >= 4 is 34.8 Å². The largest absolute Gasteiger partial charge is 0.508 e. The molecule has 5 heteroatoms. The van der Waals surface area contributed by atoms with Crippen molar-refractivity contribution in [2.24, 2.45) is 0 Å². The Labute approximate surface area is 145 Å². The summed E-state index contributed by atoms with van der Waals surface area (Å²) in [5.74, 6) is 1.40. The standard InChI is InChI=1S/C17H17Cl3O2/c1-11(13-2-4-14(21)5-3-13)8-12-9-15(19)17(16(20)10-12)22-7-6-18/h2-5,9-11,21H,6-8H2,1H3. The van der Waals surface area contributed by atoms with Gasteiger partial charge in [-0.3, -0.25) is 0 Å². The van der Waals surface area contributed by atoms with Gasteiger partial charge in [0.2, 0.25) is 0 Å². The second-order valence-electron chi connectivity index (χ2n) is 5.12. The average Bonchev–Trinajstić information content (AvgIpc) is 2.47. The highest BCUT2D eigenvalue weighted by Gasteiger charge is 2.13. The van der Waals surface area contributed by atoms with E-state index in [-0.39, 0.29) is 11.7 Å². The molecule has 1 N–H and O–H groups in total. The molecule has 0 saturated carbocycles. The van der Waals surface area contributed by atoms with Crippen molar-refractivity contribution in [1.82, 2.24) is 0 Å². The number of hydrogen-bond acceptors (Lipinski definition) is 2. The molecule has 2 aromatic rings. The van der Waals surface area contributed by atoms with Crippen LogP contribution >= 0.6 is 34.8 Å². The summed E-state index contributed by atoms with van der Waals surface area (Å²) >= 11 is 18.1. The van der Waals surface area contributed by atoms with Crippen LogP contribution < -0.4 is 4.74 Å². The van der Waals surface area contributed by atoms with Crippen molar-refractivity contribution in [3.63, 3.8) is 0 Å². The lowest BCUT2D eigenvalue weighted by Gasteiger charge is -2.15. The van der Waals surface area contributed by atoms with E-state index in [1.165, 1.54) is 0 Å². The molecule has 0 amide bonds. The van der Waals surface area contributed by atoms with Crippen LogP contribution in [0.15, 0.2) is 36.4 Å². The van der Waals surface area contributed by atoms with Crippen LogP contribution in [0.4, 0.5) is 0 Å². The second-order valence-corrected chi connectivity index (χ2v) is 6.32. The van der Waals surface area contributed by atoms with Gasteiger partial charge in [-0.1, -0.05) is 42.3 Å². The van der Waals surface area contributed by atoms with Gasteiger partial charge in [-0.2, -0.15) is 0 Å². The minimum absolute atomic E-state index is 0.267. The fraction of sp³-hybridized carbons (Fsp3) is 0.294. The van der Waals surface area contributed by atoms with Crippen LogP contribution in [0.2, 0.25) is 10.0 Å². The fourth-order valence-corrected chi connectivity index (χ4v) is 3.00. The maximum absolute atomic E-state index is 9.34. The highest BCUT2D eigenvalue weighted by Crippen LogP contribution is 2.35. The monoisotopic (exact) mass is 358 g/mol. The third-order valence-electron chi connectivity index (χ3n) is 3.39. The molecule has 0 saturated heterocycles. The van der Waals surface area contributed by atoms with Crippen LogP contribution in [0.5, 0.6) is 11.5 Å². The molecule has 0 aliphatic rings. The summed E-state index contributed by atoms with van der Waals surface area (Å²) in [5, 5.41) is 10.3. The number of alkyl halides is 1. The highest BCUT2D eigenvalue weighted by atomic mass is 35.5. The van der Waals surface area contributed by atoms with Crippen LogP contribution in [0.1, 0.15) is 24.0 Å². The average molecular weight is 360 g/mol. The van der Waals surface area contributed by atoms with Gasteiger partial charge in [0.05, 0.1) is 15.9 Å². The van der Waals surface area contributed by atoms with E-state index < -0.39 is 0 Å². The van der Waals surface area contributed by atoms with Gasteiger partial charge in [0, 0.05) is 0 Å². The van der Waals surface area contributed by atoms with Crippen molar-refractivity contribution in [2.45, 2.75) is 19.3 Å². The van der Waals surface area contributed by atoms with Gasteiger partial charge in [0.15, 0.2) is 5.75 Å². The number of rotatable bonds is 6. The Morgan fingerprint density at radius 1 is 1.09 bits per heavy atom. The molecule has 0 spiro atoms. The molecule has 22 heavy (non-hydrogen) atoms. The molecular weight excluding hydrogens is 343 g/mol. The first kappa shape index (κ1) is 17.3. The van der Waals surface area contributed by atoms with Crippen molar-refractivity contribution in [3.05, 3.63) is 57.6 Å². The zero-order valence-electron chi connectivity index (χ0n) is 12.2. The highest BCUT2D eigenvalue weighted by molar-refractivity contribution is 6.37. The fourth-order valence-electron chi connectivity index (χ4n) is 2.28. The first-order valence-electron chi connectivity index (χ1n) is 6.97. The smallest absolute Gasteiger partial charge is 0.156 e. The Morgan fingerprint density at radius 3 is 2.23 bits per heavy atom. The van der Waals surface area contributed by atoms with E-state index in [1.807, 2.05) is 24.3 Å². The van der Waals surface area contributed by atoms with Crippen molar-refractivity contribution < 1.29 is 9.84 Å². The molecule has 0 heterocycles. The lowest BCUT2D eigenvalue weighted by atomic mass is 9.93. The summed E-state index contributed by atoms with van der Waals surface area (Å²) in [6.07, 6.45) is 0.792. The summed E-state index contributed by atoms with van der Waals surface area (Å²) in [5.41, 5.74) is 2.18. The summed E-state index contributed by atoms with van der Waals surface area (Å²) in [4.78, 5) is 0. The van der Waals surface area contributed by atoms with E-state index in [9.17, 15) is 5.11 Å². The predicted octanol–water partition coefficient (Wildman–Crippen LogP) is 5.66. The summed E-state index contributed by atoms with van der Waals surface area (Å²) in [6.45, 7) is 2.48. The molecule has 0 radical (unpaired) electrons. The Kier molecular flexibility index (Phi) is 6.25. The van der Waals surface area contributed by atoms with Crippen LogP contribution in [0, 0.1) is 0 Å². The van der Waals surface area contributed by atoms with Crippen LogP contribution in [-0.2, 0) is 6.42 Å². The predicted molar refractivity (Wildman–Crippen MR) is 92.9 cm³/mol. The SMILES string of the molecule is CC(Cc1cc(Cl)c(OCCCl)c(Cl)c1)c1ccc(O)cc1. The number of benzene rings is 2. The third-order valence-corrected chi connectivity index (χ3v) is 4.10. The van der Waals surface area contributed by atoms with Crippen molar-refractivity contribution in [3.8, 4) is 11.5 Å². The molecule has 118 valence electrons. The van der Waals surface area contributed by atoms with Gasteiger partial charge in [0.1, 0.15) is 12.4 Å². The molecule has 0 aromatic heterocycles. The molecule has 1 atom stereocenters. The molecule has 2 rings (SSSR count). The molecule has 0 aliphatic carbocycles. The van der Waals surface area contributed by atoms with Gasteiger partial charge < -0.3 is 9.84 Å². The quantitative estimate of drug-likeness (QED) is 0.674. The van der Waals surface area contributed by atoms with E-state index in [0.717, 1.165) is 17.5 Å². The van der Waals surface area contributed by atoms with Crippen molar-refractivity contribution in [2.75, 3.05) is 12.5 Å². The van der Waals surface area contributed by atoms with Gasteiger partial charge in [-0.05, 0) is 47.7 Å². The first-order chi connectivity index (χ1) is 10.5. The molecule has 1 unspecified atom stereocenters. The summed E-state index contributed by atoms with van der Waals surface area (Å²) < 4.78 is 5.45. The van der Waals surface area contributed by atoms with E-state index in [2.05, 4.69) is 6.92 Å². The van der Waals surface area contributed by atoms with Crippen molar-refractivity contribution in [1.29, 1.82) is 0 Å². The summed E-state index contributed by atoms with van der Waals surface area (Å²) in [6, 6.07) is 11.0. The minimum Gasteiger partial charge on any atom is -0.508 e. The lowest BCUT2D eigenvalue weighted by molar-refractivity contribution is 0.343. The van der Waals surface area contributed by atoms with Crippen LogP contribution in [0.25, 0.3) is 0 Å². The Bertz CT molecular complexity index is 603. The van der Waals surface area contributed by atoms with Crippen LogP contribution in [0.3, 0.4) is 0 Å². The number of phenolic OH excluding ortho intramolecular Hbond substituents is 1. The Balaban J connectivity index is 2.14. The van der Waals surface area contributed by atoms with Gasteiger partial charge in [-0.15, -0.1) is 11.6 Å². The molecular formula is C17H17Cl3O2. The number of aromatic hydroxyl groups is 1. The zero-order valence-corrected chi connectivity index (χ0v) is 14.4. The van der Waals surface area contributed by atoms with Gasteiger partial charge >= 0.3 is 0 Å². The topological polar surface area (TPSA) is 29.5 Å². The molecule has 0 bridgehead atoms. The number of phenols is 1. The Hall–Kier alpha value is -1.09. The molecule has 2 nitrogen and oxygen atoms in total.